The van der Waals surface area contributed by atoms with Gasteiger partial charge in [-0.3, -0.25) is 13.9 Å². The molecule has 0 bridgehead atoms. The monoisotopic (exact) mass is 591 g/mol. The summed E-state index contributed by atoms with van der Waals surface area (Å²) in [6, 6.07) is 20.7. The summed E-state index contributed by atoms with van der Waals surface area (Å²) >= 11 is 9.49. The van der Waals surface area contributed by atoms with Crippen LogP contribution in [0, 0.1) is 0 Å². The maximum absolute atomic E-state index is 13.7. The first-order valence-corrected chi connectivity index (χ1v) is 13.9. The molecule has 10 heteroatoms. The van der Waals surface area contributed by atoms with E-state index < -0.39 is 28.5 Å². The van der Waals surface area contributed by atoms with Crippen LogP contribution >= 0.6 is 27.5 Å². The molecule has 0 heterocycles. The van der Waals surface area contributed by atoms with Crippen LogP contribution in [-0.2, 0) is 26.2 Å². The summed E-state index contributed by atoms with van der Waals surface area (Å²) in [7, 11) is -4.08. The number of likely N-dealkylation sites (N-methyl/N-ethyl adjacent to an activating group) is 1. The highest BCUT2D eigenvalue weighted by molar-refractivity contribution is 9.10. The lowest BCUT2D eigenvalue weighted by Crippen LogP contribution is -2.51. The van der Waals surface area contributed by atoms with Crippen molar-refractivity contribution >= 4 is 55.1 Å². The molecule has 0 aliphatic rings. The average Bonchev–Trinajstić information content (AvgIpc) is 2.86. The Balaban J connectivity index is 2.01. The highest BCUT2D eigenvalue weighted by Gasteiger charge is 2.32. The number of hydrogen-bond acceptors (Lipinski definition) is 4. The van der Waals surface area contributed by atoms with Crippen molar-refractivity contribution in [2.45, 2.75) is 31.3 Å². The van der Waals surface area contributed by atoms with Gasteiger partial charge in [-0.1, -0.05) is 57.9 Å². The second-order valence-corrected chi connectivity index (χ2v) is 11.2. The van der Waals surface area contributed by atoms with Crippen LogP contribution in [0.15, 0.2) is 88.2 Å². The standard InChI is InChI=1S/C26H27BrClN3O4S/c1-3-29-26(33)19(2)30(17-20-8-7-9-22(28)16-20)25(32)18-31(23-14-12-21(27)13-15-23)36(34,35)24-10-5-4-6-11-24/h4-16,19H,3,17-18H2,1-2H3,(H,29,33)/t19-/m1/s1. The van der Waals surface area contributed by atoms with Crippen LogP contribution in [0.3, 0.4) is 0 Å². The Morgan fingerprint density at radius 1 is 1.00 bits per heavy atom. The Hall–Kier alpha value is -2.88. The molecule has 0 fully saturated rings. The molecule has 0 spiro atoms. The van der Waals surface area contributed by atoms with E-state index in [2.05, 4.69) is 21.2 Å². The van der Waals surface area contributed by atoms with Gasteiger partial charge in [-0.05, 0) is 67.9 Å². The van der Waals surface area contributed by atoms with Crippen LogP contribution in [-0.4, -0.2) is 44.3 Å². The molecule has 0 aliphatic carbocycles. The fourth-order valence-corrected chi connectivity index (χ4v) is 5.50. The van der Waals surface area contributed by atoms with Crippen LogP contribution in [0.5, 0.6) is 0 Å². The second-order valence-electron chi connectivity index (χ2n) is 8.02. The number of carbonyl (C=O) groups is 2. The number of anilines is 1. The predicted molar refractivity (Wildman–Crippen MR) is 145 cm³/mol. The lowest BCUT2D eigenvalue weighted by atomic mass is 10.1. The van der Waals surface area contributed by atoms with E-state index in [1.165, 1.54) is 17.0 Å². The van der Waals surface area contributed by atoms with Gasteiger partial charge in [0.05, 0.1) is 10.6 Å². The molecule has 0 radical (unpaired) electrons. The lowest BCUT2D eigenvalue weighted by molar-refractivity contribution is -0.139. The molecule has 0 aromatic heterocycles. The number of carbonyl (C=O) groups excluding carboxylic acids is 2. The lowest BCUT2D eigenvalue weighted by Gasteiger charge is -2.32. The van der Waals surface area contributed by atoms with E-state index in [1.807, 2.05) is 0 Å². The molecule has 1 atom stereocenters. The van der Waals surface area contributed by atoms with Gasteiger partial charge in [-0.15, -0.1) is 0 Å². The SMILES string of the molecule is CCNC(=O)[C@@H](C)N(Cc1cccc(Cl)c1)C(=O)CN(c1ccc(Br)cc1)S(=O)(=O)c1ccccc1. The summed E-state index contributed by atoms with van der Waals surface area (Å²) in [6.07, 6.45) is 0. The summed E-state index contributed by atoms with van der Waals surface area (Å²) in [4.78, 5) is 27.8. The first-order valence-electron chi connectivity index (χ1n) is 11.3. The number of sulfonamides is 1. The summed E-state index contributed by atoms with van der Waals surface area (Å²) in [6.45, 7) is 3.38. The number of nitrogens with one attached hydrogen (secondary N) is 1. The van der Waals surface area contributed by atoms with Gasteiger partial charge >= 0.3 is 0 Å². The third kappa shape index (κ3) is 6.87. The van der Waals surface area contributed by atoms with Gasteiger partial charge in [-0.2, -0.15) is 0 Å². The smallest absolute Gasteiger partial charge is 0.264 e. The topological polar surface area (TPSA) is 86.8 Å². The summed E-state index contributed by atoms with van der Waals surface area (Å²) in [5.41, 5.74) is 1.04. The predicted octanol–water partition coefficient (Wildman–Crippen LogP) is 4.85. The van der Waals surface area contributed by atoms with Crippen LogP contribution in [0.2, 0.25) is 5.02 Å². The fourth-order valence-electron chi connectivity index (χ4n) is 3.59. The van der Waals surface area contributed by atoms with Gasteiger partial charge in [-0.25, -0.2) is 8.42 Å². The number of amides is 2. The molecular weight excluding hydrogens is 566 g/mol. The van der Waals surface area contributed by atoms with Crippen molar-refractivity contribution in [1.29, 1.82) is 0 Å². The van der Waals surface area contributed by atoms with E-state index in [0.29, 0.717) is 22.8 Å². The largest absolute Gasteiger partial charge is 0.355 e. The van der Waals surface area contributed by atoms with Crippen LogP contribution in [0.1, 0.15) is 19.4 Å². The van der Waals surface area contributed by atoms with Gasteiger partial charge in [0.1, 0.15) is 12.6 Å². The van der Waals surface area contributed by atoms with Crippen molar-refractivity contribution in [2.75, 3.05) is 17.4 Å². The Morgan fingerprint density at radius 3 is 2.28 bits per heavy atom. The summed E-state index contributed by atoms with van der Waals surface area (Å²) in [5, 5.41) is 3.22. The third-order valence-corrected chi connectivity index (χ3v) is 8.04. The summed E-state index contributed by atoms with van der Waals surface area (Å²) < 4.78 is 29.1. The maximum atomic E-state index is 13.7. The van der Waals surface area contributed by atoms with Crippen molar-refractivity contribution in [3.05, 3.63) is 93.9 Å². The van der Waals surface area contributed by atoms with Gasteiger partial charge in [0.2, 0.25) is 11.8 Å². The van der Waals surface area contributed by atoms with Gasteiger partial charge in [0.25, 0.3) is 10.0 Å². The number of halogens is 2. The van der Waals surface area contributed by atoms with Crippen molar-refractivity contribution < 1.29 is 18.0 Å². The molecule has 36 heavy (non-hydrogen) atoms. The molecule has 0 unspecified atom stereocenters. The molecule has 3 rings (SSSR count). The van der Waals surface area contributed by atoms with Gasteiger partial charge < -0.3 is 10.2 Å². The molecule has 0 saturated heterocycles. The maximum Gasteiger partial charge on any atom is 0.264 e. The minimum Gasteiger partial charge on any atom is -0.355 e. The highest BCUT2D eigenvalue weighted by atomic mass is 79.9. The van der Waals surface area contributed by atoms with E-state index in [4.69, 9.17) is 11.6 Å². The molecule has 7 nitrogen and oxygen atoms in total. The van der Waals surface area contributed by atoms with Crippen LogP contribution in [0.25, 0.3) is 0 Å². The Kier molecular flexibility index (Phi) is 9.53. The van der Waals surface area contributed by atoms with Crippen LogP contribution in [0.4, 0.5) is 5.69 Å². The fraction of sp³-hybridized carbons (Fsp3) is 0.231. The molecular formula is C26H27BrClN3O4S. The number of benzene rings is 3. The van der Waals surface area contributed by atoms with E-state index >= 15 is 0 Å². The van der Waals surface area contributed by atoms with E-state index in [0.717, 1.165) is 8.78 Å². The Morgan fingerprint density at radius 2 is 1.67 bits per heavy atom. The summed E-state index contributed by atoms with van der Waals surface area (Å²) in [5.74, 6) is -0.870. The number of hydrogen-bond donors (Lipinski definition) is 1. The quantitative estimate of drug-likeness (QED) is 0.365. The van der Waals surface area contributed by atoms with Crippen molar-refractivity contribution in [3.8, 4) is 0 Å². The minimum absolute atomic E-state index is 0.0545. The zero-order chi connectivity index (χ0) is 26.3. The number of nitrogens with zero attached hydrogens (tertiary/aromatic N) is 2. The third-order valence-electron chi connectivity index (χ3n) is 5.48. The average molecular weight is 593 g/mol. The van der Waals surface area contributed by atoms with Crippen LogP contribution < -0.4 is 9.62 Å². The van der Waals surface area contributed by atoms with E-state index in [1.54, 1.807) is 80.6 Å². The zero-order valence-corrected chi connectivity index (χ0v) is 23.1. The van der Waals surface area contributed by atoms with Crippen molar-refractivity contribution in [1.82, 2.24) is 10.2 Å². The zero-order valence-electron chi connectivity index (χ0n) is 19.9. The Bertz CT molecular complexity index is 1300. The molecule has 190 valence electrons. The van der Waals surface area contributed by atoms with E-state index in [9.17, 15) is 18.0 Å². The Labute approximate surface area is 225 Å². The highest BCUT2D eigenvalue weighted by Crippen LogP contribution is 2.26. The molecule has 2 amide bonds. The van der Waals surface area contributed by atoms with Crippen molar-refractivity contribution in [2.24, 2.45) is 0 Å². The first kappa shape index (κ1) is 27.7. The van der Waals surface area contributed by atoms with Gasteiger partial charge in [0.15, 0.2) is 0 Å². The first-order chi connectivity index (χ1) is 17.1. The minimum atomic E-state index is -4.08. The number of rotatable bonds is 10. The normalized spacial score (nSPS) is 12.0. The van der Waals surface area contributed by atoms with Crippen molar-refractivity contribution in [3.63, 3.8) is 0 Å². The molecule has 0 aliphatic heterocycles. The molecule has 1 N–H and O–H groups in total. The molecule has 3 aromatic carbocycles. The van der Waals surface area contributed by atoms with Gasteiger partial charge in [0, 0.05) is 22.6 Å². The van der Waals surface area contributed by atoms with E-state index in [-0.39, 0.29) is 17.3 Å². The second kappa shape index (κ2) is 12.4. The molecule has 3 aromatic rings. The molecule has 0 saturated carbocycles.